The molecule has 5 aromatic rings. The Balaban J connectivity index is 0.869. The molecule has 0 bridgehead atoms. The van der Waals surface area contributed by atoms with Gasteiger partial charge in [-0.05, 0) is 98.8 Å². The first-order valence-electron chi connectivity index (χ1n) is 24.7. The van der Waals surface area contributed by atoms with Gasteiger partial charge in [-0.2, -0.15) is 0 Å². The summed E-state index contributed by atoms with van der Waals surface area (Å²) in [5.41, 5.74) is 5.61. The van der Waals surface area contributed by atoms with Crippen LogP contribution in [0.1, 0.15) is 103 Å². The summed E-state index contributed by atoms with van der Waals surface area (Å²) >= 11 is 0. The fraction of sp³-hybridized carbons (Fsp3) is 0.351. The zero-order chi connectivity index (χ0) is 51.9. The second kappa shape index (κ2) is 20.1. The summed E-state index contributed by atoms with van der Waals surface area (Å²) in [6, 6.07) is 27.8. The minimum atomic E-state index is -0.762. The van der Waals surface area contributed by atoms with Crippen LogP contribution in [0, 0.1) is 0 Å². The van der Waals surface area contributed by atoms with Crippen molar-refractivity contribution in [2.24, 2.45) is 9.98 Å². The molecule has 5 aromatic carbocycles. The molecule has 2 atom stereocenters. The van der Waals surface area contributed by atoms with Crippen LogP contribution in [0.5, 0.6) is 28.7 Å². The van der Waals surface area contributed by atoms with Crippen molar-refractivity contribution >= 4 is 64.8 Å². The highest BCUT2D eigenvalue weighted by atomic mass is 16.7. The Bertz CT molecular complexity index is 2970. The molecule has 0 aromatic heterocycles. The Morgan fingerprint density at radius 2 is 1.12 bits per heavy atom. The third-order valence-electron chi connectivity index (χ3n) is 13.8. The zero-order valence-corrected chi connectivity index (χ0v) is 42.2. The molecule has 0 aliphatic carbocycles. The summed E-state index contributed by atoms with van der Waals surface area (Å²) in [5, 5.41) is 0.548. The van der Waals surface area contributed by atoms with E-state index in [0.717, 1.165) is 33.6 Å². The van der Waals surface area contributed by atoms with Crippen LogP contribution in [0.15, 0.2) is 101 Å². The predicted molar refractivity (Wildman–Crippen MR) is 275 cm³/mol. The van der Waals surface area contributed by atoms with Gasteiger partial charge in [0.1, 0.15) is 24.6 Å². The van der Waals surface area contributed by atoms with Crippen LogP contribution in [-0.2, 0) is 50.0 Å². The van der Waals surface area contributed by atoms with E-state index in [9.17, 15) is 24.0 Å². The molecule has 0 N–H and O–H groups in total. The molecule has 10 rings (SSSR count). The number of methoxy groups -OCH3 is 2. The Morgan fingerprint density at radius 1 is 0.622 bits per heavy atom. The number of nitrogens with zero attached hydrogens (tertiary/aromatic N) is 5. The largest absolute Gasteiger partial charge is 0.493 e. The Kier molecular flexibility index (Phi) is 13.5. The highest BCUT2D eigenvalue weighted by molar-refractivity contribution is 6.16. The van der Waals surface area contributed by atoms with Gasteiger partial charge in [-0.15, -0.1) is 5.06 Å². The maximum atomic E-state index is 14.1. The molecule has 382 valence electrons. The standard InChI is InChI=1S/C57H57N5O12/c1-56(2,18-17-53(65)74-62-51(63)15-16-52(62)64)72-20-19-57(3,4)73-40-22-34(32-70-49-28-43-41(26-47(49)68-5)54(66)60-38(30-58-43)24-36-11-7-9-13-45(36)60)21-35(23-40)33-71-50-29-44-42(27-48(50)69-6)55(67)61-39(31-59-44)25-37-12-8-10-14-46(37)61/h7-14,21-23,26-31,38-39H,15-20,24-25,32-33H2,1-6H3/t38-,39-/m0/s1. The molecule has 4 amide bonds. The lowest BCUT2D eigenvalue weighted by atomic mass is 10.0. The minimum absolute atomic E-state index is 0.0205. The van der Waals surface area contributed by atoms with Crippen LogP contribution in [0.25, 0.3) is 0 Å². The van der Waals surface area contributed by atoms with E-state index in [0.29, 0.717) is 75.6 Å². The molecular formula is C57H57N5O12. The highest BCUT2D eigenvalue weighted by Gasteiger charge is 2.39. The molecule has 1 saturated heterocycles. The Morgan fingerprint density at radius 3 is 1.62 bits per heavy atom. The molecule has 17 nitrogen and oxygen atoms in total. The number of rotatable bonds is 18. The van der Waals surface area contributed by atoms with Crippen molar-refractivity contribution < 1.29 is 57.2 Å². The van der Waals surface area contributed by atoms with Crippen LogP contribution in [-0.4, -0.2) is 91.2 Å². The molecule has 0 unspecified atom stereocenters. The number of hydroxylamine groups is 2. The van der Waals surface area contributed by atoms with Gasteiger partial charge in [0.25, 0.3) is 23.6 Å². The van der Waals surface area contributed by atoms with E-state index in [-0.39, 0.29) is 69.4 Å². The first-order chi connectivity index (χ1) is 35.6. The number of fused-ring (bicyclic) bond motifs is 8. The summed E-state index contributed by atoms with van der Waals surface area (Å²) in [5.74, 6) is -0.0506. The van der Waals surface area contributed by atoms with Crippen LogP contribution in [0.2, 0.25) is 0 Å². The van der Waals surface area contributed by atoms with Gasteiger partial charge in [0.2, 0.25) is 0 Å². The van der Waals surface area contributed by atoms with Crippen LogP contribution < -0.4 is 33.5 Å². The van der Waals surface area contributed by atoms with E-state index in [1.165, 1.54) is 14.2 Å². The lowest BCUT2D eigenvalue weighted by Gasteiger charge is -2.30. The van der Waals surface area contributed by atoms with Crippen molar-refractivity contribution in [3.63, 3.8) is 0 Å². The van der Waals surface area contributed by atoms with Crippen molar-refractivity contribution in [2.45, 2.75) is 109 Å². The fourth-order valence-corrected chi connectivity index (χ4v) is 9.88. The lowest BCUT2D eigenvalue weighted by Crippen LogP contribution is -2.37. The number of hydrogen-bond acceptors (Lipinski definition) is 14. The highest BCUT2D eigenvalue weighted by Crippen LogP contribution is 2.43. The third-order valence-corrected chi connectivity index (χ3v) is 13.8. The summed E-state index contributed by atoms with van der Waals surface area (Å²) in [7, 11) is 3.06. The van der Waals surface area contributed by atoms with Crippen molar-refractivity contribution in [1.29, 1.82) is 0 Å². The SMILES string of the molecule is COc1cc2c(cc1OCc1cc(COc3cc4c(cc3OC)C(=O)N3c5ccccc5C[C@H]3C=N4)cc(OC(C)(C)CCOC(C)(C)CCC(=O)ON3C(=O)CCC3=O)c1)N=C[C@@H]1Cc3ccccc3N1C2=O. The van der Waals surface area contributed by atoms with Crippen LogP contribution >= 0.6 is 0 Å². The second-order valence-corrected chi connectivity index (χ2v) is 20.1. The number of carbonyl (C=O) groups is 5. The van der Waals surface area contributed by atoms with E-state index >= 15 is 0 Å². The predicted octanol–water partition coefficient (Wildman–Crippen LogP) is 9.17. The van der Waals surface area contributed by atoms with Crippen LogP contribution in [0.4, 0.5) is 22.7 Å². The van der Waals surface area contributed by atoms with Crippen molar-refractivity contribution in [3.05, 3.63) is 124 Å². The molecular weight excluding hydrogens is 947 g/mol. The van der Waals surface area contributed by atoms with Gasteiger partial charge in [-0.1, -0.05) is 36.4 Å². The number of benzene rings is 5. The summed E-state index contributed by atoms with van der Waals surface area (Å²) in [4.78, 5) is 82.8. The number of para-hydroxylation sites is 2. The molecule has 74 heavy (non-hydrogen) atoms. The van der Waals surface area contributed by atoms with E-state index in [4.69, 9.17) is 43.2 Å². The summed E-state index contributed by atoms with van der Waals surface area (Å²) in [6.45, 7) is 8.01. The number of aliphatic imine (C=N–C) groups is 2. The van der Waals surface area contributed by atoms with Gasteiger partial charge in [-0.25, -0.2) is 4.79 Å². The molecule has 5 aliphatic heterocycles. The Labute approximate surface area is 428 Å². The number of ether oxygens (including phenoxy) is 6. The van der Waals surface area contributed by atoms with Crippen molar-refractivity contribution in [3.8, 4) is 28.7 Å². The van der Waals surface area contributed by atoms with Gasteiger partial charge in [-0.3, -0.25) is 39.0 Å². The topological polar surface area (TPSA) is 184 Å². The van der Waals surface area contributed by atoms with Crippen molar-refractivity contribution in [1.82, 2.24) is 5.06 Å². The normalized spacial score (nSPS) is 17.5. The van der Waals surface area contributed by atoms with Gasteiger partial charge < -0.3 is 33.3 Å². The quantitative estimate of drug-likeness (QED) is 0.0760. The van der Waals surface area contributed by atoms with Gasteiger partial charge >= 0.3 is 5.97 Å². The van der Waals surface area contributed by atoms with E-state index < -0.39 is 29.0 Å². The lowest BCUT2D eigenvalue weighted by molar-refractivity contribution is -0.198. The number of imide groups is 1. The molecule has 17 heteroatoms. The first-order valence-corrected chi connectivity index (χ1v) is 24.7. The monoisotopic (exact) mass is 1000 g/mol. The zero-order valence-electron chi connectivity index (χ0n) is 42.2. The molecule has 1 fully saturated rings. The number of hydrogen-bond donors (Lipinski definition) is 0. The van der Waals surface area contributed by atoms with E-state index in [1.807, 2.05) is 107 Å². The average Bonchev–Trinajstić information content (AvgIpc) is 4.00. The fourth-order valence-electron chi connectivity index (χ4n) is 9.88. The molecule has 0 spiro atoms. The maximum absolute atomic E-state index is 14.1. The summed E-state index contributed by atoms with van der Waals surface area (Å²) < 4.78 is 37.5. The van der Waals surface area contributed by atoms with Gasteiger partial charge in [0, 0.05) is 68.0 Å². The van der Waals surface area contributed by atoms with Gasteiger partial charge in [0.05, 0.1) is 67.4 Å². The Hall–Kier alpha value is -8.05. The number of carbonyl (C=O) groups excluding carboxylic acids is 5. The molecule has 0 saturated carbocycles. The maximum Gasteiger partial charge on any atom is 0.333 e. The summed E-state index contributed by atoms with van der Waals surface area (Å²) in [6.07, 6.45) is 5.68. The molecule has 5 heterocycles. The molecule has 5 aliphatic rings. The van der Waals surface area contributed by atoms with E-state index in [1.54, 1.807) is 34.1 Å². The number of anilines is 2. The first kappa shape index (κ1) is 49.5. The van der Waals surface area contributed by atoms with Crippen LogP contribution in [0.3, 0.4) is 0 Å². The van der Waals surface area contributed by atoms with Crippen molar-refractivity contribution in [2.75, 3.05) is 30.6 Å². The second-order valence-electron chi connectivity index (χ2n) is 20.1. The van der Waals surface area contributed by atoms with Gasteiger partial charge in [0.15, 0.2) is 23.0 Å². The van der Waals surface area contributed by atoms with E-state index in [2.05, 4.69) is 0 Å². The molecule has 0 radical (unpaired) electrons. The number of amides is 4. The third kappa shape index (κ3) is 10.2. The average molecular weight is 1000 g/mol. The minimum Gasteiger partial charge on any atom is -0.493 e. The smallest absolute Gasteiger partial charge is 0.333 e.